The number of nitrogens with two attached hydrogens (primary N) is 1. The van der Waals surface area contributed by atoms with Gasteiger partial charge in [-0.25, -0.2) is 0 Å². The predicted molar refractivity (Wildman–Crippen MR) is 76.7 cm³/mol. The minimum Gasteiger partial charge on any atom is -0.495 e. The highest BCUT2D eigenvalue weighted by Gasteiger charge is 2.26. The summed E-state index contributed by atoms with van der Waals surface area (Å²) in [6.07, 6.45) is 2.81. The molecule has 1 aromatic rings. The summed E-state index contributed by atoms with van der Waals surface area (Å²) >= 11 is 0. The quantitative estimate of drug-likeness (QED) is 0.905. The molecule has 0 aromatic heterocycles. The van der Waals surface area contributed by atoms with E-state index in [0.29, 0.717) is 0 Å². The number of benzene rings is 1. The fourth-order valence-corrected chi connectivity index (χ4v) is 2.77. The molecule has 1 aromatic carbocycles. The van der Waals surface area contributed by atoms with Crippen LogP contribution in [0, 0.1) is 0 Å². The summed E-state index contributed by atoms with van der Waals surface area (Å²) in [5.41, 5.74) is 9.31. The van der Waals surface area contributed by atoms with Gasteiger partial charge in [-0.2, -0.15) is 0 Å². The summed E-state index contributed by atoms with van der Waals surface area (Å²) in [4.78, 5) is 13.6. The summed E-state index contributed by atoms with van der Waals surface area (Å²) in [5, 5.41) is 0. The maximum Gasteiger partial charge on any atom is 0.223 e. The molecule has 1 aliphatic heterocycles. The van der Waals surface area contributed by atoms with E-state index in [0.717, 1.165) is 37.2 Å². The normalized spacial score (nSPS) is 15.9. The fraction of sp³-hybridized carbons (Fsp3) is 0.533. The van der Waals surface area contributed by atoms with Crippen LogP contribution in [0.3, 0.4) is 0 Å². The molecule has 4 nitrogen and oxygen atoms in total. The lowest BCUT2D eigenvalue weighted by atomic mass is 9.92. The number of amides is 1. The van der Waals surface area contributed by atoms with Crippen LogP contribution in [-0.4, -0.2) is 25.6 Å². The van der Waals surface area contributed by atoms with Crippen LogP contribution in [0.2, 0.25) is 0 Å². The molecule has 19 heavy (non-hydrogen) atoms. The summed E-state index contributed by atoms with van der Waals surface area (Å²) in [7, 11) is 1.65. The highest BCUT2D eigenvalue weighted by Crippen LogP contribution is 2.38. The molecule has 104 valence electrons. The van der Waals surface area contributed by atoms with Crippen LogP contribution >= 0.6 is 0 Å². The Labute approximate surface area is 114 Å². The monoisotopic (exact) mass is 262 g/mol. The first-order valence-corrected chi connectivity index (χ1v) is 6.77. The number of anilines is 1. The molecule has 0 fully saturated rings. The topological polar surface area (TPSA) is 55.6 Å². The van der Waals surface area contributed by atoms with E-state index in [4.69, 9.17) is 10.5 Å². The van der Waals surface area contributed by atoms with Gasteiger partial charge in [0.1, 0.15) is 5.75 Å². The molecule has 2 rings (SSSR count). The first-order valence-electron chi connectivity index (χ1n) is 6.77. The third-order valence-electron chi connectivity index (χ3n) is 3.56. The van der Waals surface area contributed by atoms with Crippen molar-refractivity contribution in [1.29, 1.82) is 0 Å². The zero-order chi connectivity index (χ0) is 14.0. The third-order valence-corrected chi connectivity index (χ3v) is 3.56. The number of nitrogens with zero attached hydrogens (tertiary/aromatic N) is 1. The van der Waals surface area contributed by atoms with Crippen LogP contribution in [0.1, 0.15) is 31.4 Å². The Balaban J connectivity index is 2.53. The Morgan fingerprint density at radius 1 is 1.53 bits per heavy atom. The maximum absolute atomic E-state index is 11.8. The van der Waals surface area contributed by atoms with E-state index in [1.165, 1.54) is 11.1 Å². The molecule has 1 aliphatic rings. The lowest BCUT2D eigenvalue weighted by molar-refractivity contribution is -0.116. The van der Waals surface area contributed by atoms with Gasteiger partial charge in [0, 0.05) is 19.5 Å². The molecular formula is C15H22N2O2. The Kier molecular flexibility index (Phi) is 4.10. The molecule has 1 atom stereocenters. The Hall–Kier alpha value is -1.55. The van der Waals surface area contributed by atoms with E-state index in [-0.39, 0.29) is 11.9 Å². The smallest absolute Gasteiger partial charge is 0.223 e. The fourth-order valence-electron chi connectivity index (χ4n) is 2.77. The Bertz CT molecular complexity index is 483. The standard InChI is InChI=1S/C15H22N2O2/c1-10(16)9-12-6-7-14(19-3)15-13(12)5-4-8-17(15)11(2)18/h6-7,10H,4-5,8-9,16H2,1-3H3. The number of rotatable bonds is 3. The second-order valence-electron chi connectivity index (χ2n) is 5.21. The van der Waals surface area contributed by atoms with Gasteiger partial charge in [0.25, 0.3) is 0 Å². The SMILES string of the molecule is COc1ccc(CC(C)N)c2c1N(C(C)=O)CCC2. The van der Waals surface area contributed by atoms with Crippen molar-refractivity contribution in [2.45, 2.75) is 39.2 Å². The van der Waals surface area contributed by atoms with Crippen LogP contribution < -0.4 is 15.4 Å². The van der Waals surface area contributed by atoms with E-state index in [9.17, 15) is 4.79 Å². The van der Waals surface area contributed by atoms with Crippen molar-refractivity contribution in [3.05, 3.63) is 23.3 Å². The predicted octanol–water partition coefficient (Wildman–Crippen LogP) is 1.88. The number of carbonyl (C=O) groups is 1. The molecule has 0 saturated heterocycles. The number of ether oxygens (including phenoxy) is 1. The summed E-state index contributed by atoms with van der Waals surface area (Å²) in [5.74, 6) is 0.843. The van der Waals surface area contributed by atoms with Gasteiger partial charge < -0.3 is 15.4 Å². The maximum atomic E-state index is 11.8. The molecule has 4 heteroatoms. The van der Waals surface area contributed by atoms with E-state index in [2.05, 4.69) is 6.07 Å². The minimum atomic E-state index is 0.0668. The van der Waals surface area contributed by atoms with Gasteiger partial charge >= 0.3 is 0 Å². The first-order chi connectivity index (χ1) is 9.04. The zero-order valence-electron chi connectivity index (χ0n) is 11.9. The molecule has 0 saturated carbocycles. The van der Waals surface area contributed by atoms with Gasteiger partial charge in [-0.1, -0.05) is 6.07 Å². The van der Waals surface area contributed by atoms with Gasteiger partial charge in [-0.05, 0) is 43.4 Å². The zero-order valence-corrected chi connectivity index (χ0v) is 11.9. The van der Waals surface area contributed by atoms with E-state index >= 15 is 0 Å². The molecular weight excluding hydrogens is 240 g/mol. The van der Waals surface area contributed by atoms with Crippen LogP contribution in [0.4, 0.5) is 5.69 Å². The Morgan fingerprint density at radius 2 is 2.26 bits per heavy atom. The summed E-state index contributed by atoms with van der Waals surface area (Å²) in [6.45, 7) is 4.37. The van der Waals surface area contributed by atoms with Gasteiger partial charge in [0.2, 0.25) is 5.91 Å². The number of hydrogen-bond donors (Lipinski definition) is 1. The molecule has 1 unspecified atom stereocenters. The number of fused-ring (bicyclic) bond motifs is 1. The van der Waals surface area contributed by atoms with Crippen molar-refractivity contribution in [2.75, 3.05) is 18.6 Å². The van der Waals surface area contributed by atoms with Crippen molar-refractivity contribution in [3.8, 4) is 5.75 Å². The Morgan fingerprint density at radius 3 is 2.84 bits per heavy atom. The second-order valence-corrected chi connectivity index (χ2v) is 5.21. The van der Waals surface area contributed by atoms with Gasteiger partial charge in [0.15, 0.2) is 0 Å². The average Bonchev–Trinajstić information content (AvgIpc) is 2.37. The van der Waals surface area contributed by atoms with Crippen LogP contribution in [-0.2, 0) is 17.6 Å². The molecule has 0 bridgehead atoms. The molecule has 0 spiro atoms. The van der Waals surface area contributed by atoms with Crippen LogP contribution in [0.5, 0.6) is 5.75 Å². The van der Waals surface area contributed by atoms with Crippen molar-refractivity contribution in [2.24, 2.45) is 5.73 Å². The minimum absolute atomic E-state index is 0.0668. The van der Waals surface area contributed by atoms with Gasteiger partial charge in [-0.3, -0.25) is 4.79 Å². The van der Waals surface area contributed by atoms with Gasteiger partial charge in [0.05, 0.1) is 12.8 Å². The number of carbonyl (C=O) groups excluding carboxylic acids is 1. The van der Waals surface area contributed by atoms with Crippen molar-refractivity contribution in [1.82, 2.24) is 0 Å². The largest absolute Gasteiger partial charge is 0.495 e. The van der Waals surface area contributed by atoms with Crippen molar-refractivity contribution in [3.63, 3.8) is 0 Å². The molecule has 2 N–H and O–H groups in total. The highest BCUT2D eigenvalue weighted by atomic mass is 16.5. The van der Waals surface area contributed by atoms with Crippen LogP contribution in [0.15, 0.2) is 12.1 Å². The van der Waals surface area contributed by atoms with Gasteiger partial charge in [-0.15, -0.1) is 0 Å². The van der Waals surface area contributed by atoms with E-state index in [1.54, 1.807) is 14.0 Å². The van der Waals surface area contributed by atoms with Crippen molar-refractivity contribution >= 4 is 11.6 Å². The third kappa shape index (κ3) is 2.73. The molecule has 1 amide bonds. The summed E-state index contributed by atoms with van der Waals surface area (Å²) < 4.78 is 5.43. The average molecular weight is 262 g/mol. The highest BCUT2D eigenvalue weighted by molar-refractivity contribution is 5.95. The summed E-state index contributed by atoms with van der Waals surface area (Å²) in [6, 6.07) is 4.13. The number of methoxy groups -OCH3 is 1. The van der Waals surface area contributed by atoms with E-state index < -0.39 is 0 Å². The molecule has 1 heterocycles. The lowest BCUT2D eigenvalue weighted by Crippen LogP contribution is -2.34. The number of hydrogen-bond acceptors (Lipinski definition) is 3. The first kappa shape index (κ1) is 13.9. The lowest BCUT2D eigenvalue weighted by Gasteiger charge is -2.32. The van der Waals surface area contributed by atoms with Crippen molar-refractivity contribution < 1.29 is 9.53 Å². The molecule has 0 radical (unpaired) electrons. The molecule has 0 aliphatic carbocycles. The second kappa shape index (κ2) is 5.61. The van der Waals surface area contributed by atoms with Crippen LogP contribution in [0.25, 0.3) is 0 Å². The van der Waals surface area contributed by atoms with E-state index in [1.807, 2.05) is 17.9 Å².